The van der Waals surface area contributed by atoms with Gasteiger partial charge in [0.1, 0.15) is 0 Å². The van der Waals surface area contributed by atoms with Crippen LogP contribution in [-0.4, -0.2) is 27.7 Å². The molecule has 0 unspecified atom stereocenters. The number of rotatable bonds is 3. The number of ketones is 1. The minimum atomic E-state index is -1.11. The number of carbonyl (C=O) groups excluding carboxylic acids is 3. The topological polar surface area (TPSA) is 86.2 Å². The van der Waals surface area contributed by atoms with E-state index in [-0.39, 0.29) is 20.1 Å². The number of ether oxygens (including phenoxy) is 1. The van der Waals surface area contributed by atoms with Crippen molar-refractivity contribution in [3.05, 3.63) is 109 Å². The van der Waals surface area contributed by atoms with Crippen LogP contribution in [0.2, 0.25) is 0 Å². The Balaban J connectivity index is 0.000000255. The standard InChI is InChI=1S/2C11H9N.C5H6O4.Ir/c2*1-2-6-10(7-3-1)11-8-4-5-9-12-11;1-3(6)5(8)9-4(2)7;/h2*1-9H;1-2H3;. The van der Waals surface area contributed by atoms with Crippen molar-refractivity contribution in [1.82, 2.24) is 9.97 Å². The quantitative estimate of drug-likeness (QED) is 0.176. The van der Waals surface area contributed by atoms with Crippen LogP contribution in [-0.2, 0) is 39.2 Å². The van der Waals surface area contributed by atoms with Crippen molar-refractivity contribution in [3.63, 3.8) is 0 Å². The molecule has 0 aliphatic carbocycles. The molecule has 0 aliphatic heterocycles. The summed E-state index contributed by atoms with van der Waals surface area (Å²) in [7, 11) is 0. The van der Waals surface area contributed by atoms with E-state index < -0.39 is 17.7 Å². The van der Waals surface area contributed by atoms with E-state index >= 15 is 0 Å². The second-order valence-electron chi connectivity index (χ2n) is 6.60. The first-order valence-corrected chi connectivity index (χ1v) is 10.1. The first kappa shape index (κ1) is 28.2. The van der Waals surface area contributed by atoms with E-state index in [9.17, 15) is 14.4 Å². The predicted molar refractivity (Wildman–Crippen MR) is 127 cm³/mol. The first-order chi connectivity index (χ1) is 16.0. The fourth-order valence-corrected chi connectivity index (χ4v) is 2.49. The first-order valence-electron chi connectivity index (χ1n) is 10.1. The summed E-state index contributed by atoms with van der Waals surface area (Å²) in [4.78, 5) is 38.7. The molecule has 2 aromatic heterocycles. The number of aromatic nitrogens is 2. The molecule has 6 nitrogen and oxygen atoms in total. The second kappa shape index (κ2) is 15.9. The largest absolute Gasteiger partial charge is 0.387 e. The van der Waals surface area contributed by atoms with Gasteiger partial charge in [0.15, 0.2) is 0 Å². The monoisotopic (exact) mass is 633 g/mol. The average molecular weight is 633 g/mol. The molecule has 1 radical (unpaired) electrons. The smallest absolute Gasteiger partial charge is 0.381 e. The van der Waals surface area contributed by atoms with E-state index in [0.717, 1.165) is 36.4 Å². The van der Waals surface area contributed by atoms with Gasteiger partial charge in [-0.1, -0.05) is 72.8 Å². The molecular formula is C27H24IrN2O4. The van der Waals surface area contributed by atoms with Gasteiger partial charge in [0.05, 0.1) is 11.4 Å². The number of esters is 2. The number of nitrogens with zero attached hydrogens (tertiary/aromatic N) is 2. The van der Waals surface area contributed by atoms with Crippen molar-refractivity contribution in [1.29, 1.82) is 0 Å². The molecule has 0 saturated heterocycles. The molecule has 0 bridgehead atoms. The Hall–Kier alpha value is -3.80. The zero-order valence-corrected chi connectivity index (χ0v) is 21.1. The normalized spacial score (nSPS) is 9.00. The molecule has 2 heterocycles. The van der Waals surface area contributed by atoms with Gasteiger partial charge in [-0.2, -0.15) is 0 Å². The number of carbonyl (C=O) groups is 3. The van der Waals surface area contributed by atoms with Gasteiger partial charge in [0, 0.05) is 57.5 Å². The van der Waals surface area contributed by atoms with E-state index in [0.29, 0.717) is 0 Å². The minimum absolute atomic E-state index is 0. The molecule has 34 heavy (non-hydrogen) atoms. The predicted octanol–water partition coefficient (Wildman–Crippen LogP) is 5.16. The van der Waals surface area contributed by atoms with Crippen LogP contribution in [0.4, 0.5) is 0 Å². The van der Waals surface area contributed by atoms with Crippen LogP contribution in [0.1, 0.15) is 13.8 Å². The SMILES string of the molecule is CC(=O)OC(=O)C(C)=O.[Ir].c1ccc(-c2ccccn2)cc1.c1ccc(-c2ccccn2)cc1. The molecule has 0 spiro atoms. The van der Waals surface area contributed by atoms with Gasteiger partial charge in [0.25, 0.3) is 0 Å². The summed E-state index contributed by atoms with van der Waals surface area (Å²) in [5.74, 6) is -2.65. The number of hydrogen-bond donors (Lipinski definition) is 0. The minimum Gasteiger partial charge on any atom is -0.387 e. The molecule has 0 amide bonds. The van der Waals surface area contributed by atoms with Crippen molar-refractivity contribution < 1.29 is 39.2 Å². The van der Waals surface area contributed by atoms with Crippen LogP contribution >= 0.6 is 0 Å². The molecule has 0 atom stereocenters. The summed E-state index contributed by atoms with van der Waals surface area (Å²) < 4.78 is 3.88. The molecule has 175 valence electrons. The summed E-state index contributed by atoms with van der Waals surface area (Å²) in [5.41, 5.74) is 4.38. The van der Waals surface area contributed by atoms with Gasteiger partial charge in [-0.25, -0.2) is 4.79 Å². The molecule has 0 saturated carbocycles. The summed E-state index contributed by atoms with van der Waals surface area (Å²) in [6.45, 7) is 2.09. The molecular weight excluding hydrogens is 609 g/mol. The third-order valence-electron chi connectivity index (χ3n) is 3.99. The van der Waals surface area contributed by atoms with Gasteiger partial charge in [-0.05, 0) is 24.3 Å². The molecule has 4 aromatic rings. The molecule has 0 aliphatic rings. The maximum absolute atomic E-state index is 10.2. The van der Waals surface area contributed by atoms with Gasteiger partial charge >= 0.3 is 11.9 Å². The third kappa shape index (κ3) is 10.7. The molecule has 2 aromatic carbocycles. The Morgan fingerprint density at radius 3 is 1.24 bits per heavy atom. The second-order valence-corrected chi connectivity index (χ2v) is 6.60. The number of benzene rings is 2. The Kier molecular flexibility index (Phi) is 13.2. The van der Waals surface area contributed by atoms with E-state index in [1.54, 1.807) is 0 Å². The summed E-state index contributed by atoms with van der Waals surface area (Å²) in [6, 6.07) is 32.2. The molecule has 7 heteroatoms. The Labute approximate surface area is 212 Å². The zero-order valence-electron chi connectivity index (χ0n) is 18.8. The van der Waals surface area contributed by atoms with E-state index in [4.69, 9.17) is 0 Å². The number of pyridine rings is 2. The molecule has 0 N–H and O–H groups in total. The Morgan fingerprint density at radius 2 is 0.971 bits per heavy atom. The van der Waals surface area contributed by atoms with Crippen molar-refractivity contribution in [2.24, 2.45) is 0 Å². The van der Waals surface area contributed by atoms with E-state index in [1.165, 1.54) is 0 Å². The zero-order chi connectivity index (χ0) is 23.9. The molecule has 4 rings (SSSR count). The number of Topliss-reactive ketones (excluding diaryl/α,β-unsaturated/α-hetero) is 1. The van der Waals surface area contributed by atoms with Crippen molar-refractivity contribution in [3.8, 4) is 22.5 Å². The van der Waals surface area contributed by atoms with Crippen LogP contribution in [0, 0.1) is 0 Å². The van der Waals surface area contributed by atoms with Crippen molar-refractivity contribution in [2.45, 2.75) is 13.8 Å². The van der Waals surface area contributed by atoms with Crippen LogP contribution in [0.15, 0.2) is 109 Å². The van der Waals surface area contributed by atoms with Crippen molar-refractivity contribution in [2.75, 3.05) is 0 Å². The third-order valence-corrected chi connectivity index (χ3v) is 3.99. The van der Waals surface area contributed by atoms with Crippen LogP contribution in [0.5, 0.6) is 0 Å². The summed E-state index contributed by atoms with van der Waals surface area (Å²) in [5, 5.41) is 0. The Morgan fingerprint density at radius 1 is 0.588 bits per heavy atom. The summed E-state index contributed by atoms with van der Waals surface area (Å²) >= 11 is 0. The van der Waals surface area contributed by atoms with Crippen LogP contribution in [0.25, 0.3) is 22.5 Å². The van der Waals surface area contributed by atoms with Crippen LogP contribution in [0.3, 0.4) is 0 Å². The number of hydrogen-bond acceptors (Lipinski definition) is 6. The van der Waals surface area contributed by atoms with Crippen LogP contribution < -0.4 is 0 Å². The maximum atomic E-state index is 10.2. The fourth-order valence-electron chi connectivity index (χ4n) is 2.49. The summed E-state index contributed by atoms with van der Waals surface area (Å²) in [6.07, 6.45) is 3.62. The Bertz CT molecular complexity index is 990. The fraction of sp³-hybridized carbons (Fsp3) is 0.0741. The van der Waals surface area contributed by atoms with Gasteiger partial charge in [-0.15, -0.1) is 0 Å². The molecule has 0 fully saturated rings. The van der Waals surface area contributed by atoms with Gasteiger partial charge in [-0.3, -0.25) is 19.6 Å². The van der Waals surface area contributed by atoms with E-state index in [2.05, 4.69) is 39.0 Å². The average Bonchev–Trinajstić information content (AvgIpc) is 2.86. The maximum Gasteiger partial charge on any atom is 0.381 e. The van der Waals surface area contributed by atoms with Gasteiger partial charge < -0.3 is 4.74 Å². The van der Waals surface area contributed by atoms with Gasteiger partial charge in [0.2, 0.25) is 5.78 Å². The van der Waals surface area contributed by atoms with E-state index in [1.807, 2.05) is 85.2 Å². The van der Waals surface area contributed by atoms with Crippen molar-refractivity contribution >= 4 is 17.7 Å².